The summed E-state index contributed by atoms with van der Waals surface area (Å²) in [6.45, 7) is 0. The van der Waals surface area contributed by atoms with Crippen LogP contribution in [-0.2, 0) is 0 Å². The average Bonchev–Trinajstić information content (AvgIpc) is 2.92. The highest BCUT2D eigenvalue weighted by atomic mass is 35.5. The standard InChI is InChI=1S/C10H12ClNS/c11-8-1-5-10(6-2-8)13-7-12-9-3-4-9/h1-2,5-6,9,12H,3-4,7H2. The minimum absolute atomic E-state index is 0.791. The van der Waals surface area contributed by atoms with Gasteiger partial charge < -0.3 is 5.32 Å². The Morgan fingerprint density at radius 1 is 1.31 bits per heavy atom. The molecule has 1 aliphatic carbocycles. The molecule has 0 aliphatic heterocycles. The van der Waals surface area contributed by atoms with E-state index in [1.54, 1.807) is 0 Å². The molecule has 1 aromatic carbocycles. The van der Waals surface area contributed by atoms with Gasteiger partial charge in [-0.3, -0.25) is 0 Å². The minimum atomic E-state index is 0.791. The van der Waals surface area contributed by atoms with Crippen LogP contribution in [0, 0.1) is 0 Å². The lowest BCUT2D eigenvalue weighted by Gasteiger charge is -2.02. The first-order chi connectivity index (χ1) is 6.34. The molecule has 0 amide bonds. The van der Waals surface area contributed by atoms with E-state index in [2.05, 4.69) is 17.4 Å². The maximum atomic E-state index is 5.78. The second-order valence-electron chi connectivity index (χ2n) is 3.22. The number of halogens is 1. The van der Waals surface area contributed by atoms with E-state index >= 15 is 0 Å². The molecule has 0 saturated heterocycles. The third-order valence-electron chi connectivity index (χ3n) is 2.00. The van der Waals surface area contributed by atoms with E-state index in [4.69, 9.17) is 11.6 Å². The molecule has 1 nitrogen and oxygen atoms in total. The summed E-state index contributed by atoms with van der Waals surface area (Å²) in [5.41, 5.74) is 0. The summed E-state index contributed by atoms with van der Waals surface area (Å²) in [5.74, 6) is 1.01. The number of hydrogen-bond acceptors (Lipinski definition) is 2. The van der Waals surface area contributed by atoms with E-state index in [9.17, 15) is 0 Å². The molecule has 2 rings (SSSR count). The van der Waals surface area contributed by atoms with Gasteiger partial charge in [0.05, 0.1) is 0 Å². The van der Waals surface area contributed by atoms with Gasteiger partial charge in [-0.25, -0.2) is 0 Å². The van der Waals surface area contributed by atoms with E-state index in [-0.39, 0.29) is 0 Å². The number of nitrogens with one attached hydrogen (secondary N) is 1. The fraction of sp³-hybridized carbons (Fsp3) is 0.400. The summed E-state index contributed by atoms with van der Waals surface area (Å²) in [7, 11) is 0. The number of thioether (sulfide) groups is 1. The van der Waals surface area contributed by atoms with Crippen LogP contribution in [0.1, 0.15) is 12.8 Å². The predicted octanol–water partition coefficient (Wildman–Crippen LogP) is 3.14. The zero-order valence-electron chi connectivity index (χ0n) is 7.29. The van der Waals surface area contributed by atoms with Gasteiger partial charge in [0.2, 0.25) is 0 Å². The maximum absolute atomic E-state index is 5.78. The Kier molecular flexibility index (Phi) is 3.14. The molecule has 0 aromatic heterocycles. The first-order valence-electron chi connectivity index (χ1n) is 4.46. The molecular formula is C10H12ClNS. The molecule has 13 heavy (non-hydrogen) atoms. The van der Waals surface area contributed by atoms with Crippen LogP contribution in [0.15, 0.2) is 29.2 Å². The van der Waals surface area contributed by atoms with Gasteiger partial charge in [-0.2, -0.15) is 0 Å². The van der Waals surface area contributed by atoms with Crippen molar-refractivity contribution in [3.8, 4) is 0 Å². The summed E-state index contributed by atoms with van der Waals surface area (Å²) in [5, 5.41) is 4.25. The van der Waals surface area contributed by atoms with Gasteiger partial charge in [0, 0.05) is 21.8 Å². The van der Waals surface area contributed by atoms with Gasteiger partial charge in [0.25, 0.3) is 0 Å². The fourth-order valence-electron chi connectivity index (χ4n) is 1.06. The van der Waals surface area contributed by atoms with Crippen LogP contribution in [0.3, 0.4) is 0 Å². The Balaban J connectivity index is 1.76. The second kappa shape index (κ2) is 4.36. The minimum Gasteiger partial charge on any atom is -0.305 e. The highest BCUT2D eigenvalue weighted by Crippen LogP contribution is 2.23. The molecule has 1 saturated carbocycles. The normalized spacial score (nSPS) is 16.1. The monoisotopic (exact) mass is 213 g/mol. The smallest absolute Gasteiger partial charge is 0.0467 e. The molecule has 3 heteroatoms. The molecule has 1 aliphatic rings. The number of rotatable bonds is 4. The van der Waals surface area contributed by atoms with Gasteiger partial charge >= 0.3 is 0 Å². The third-order valence-corrected chi connectivity index (χ3v) is 3.17. The van der Waals surface area contributed by atoms with E-state index in [1.807, 2.05) is 23.9 Å². The molecule has 0 unspecified atom stereocenters. The fourth-order valence-corrected chi connectivity index (χ4v) is 2.00. The van der Waals surface area contributed by atoms with E-state index < -0.39 is 0 Å². The van der Waals surface area contributed by atoms with E-state index in [1.165, 1.54) is 17.7 Å². The first-order valence-corrected chi connectivity index (χ1v) is 5.83. The lowest BCUT2D eigenvalue weighted by Crippen LogP contribution is -2.14. The molecule has 1 N–H and O–H groups in total. The van der Waals surface area contributed by atoms with Crippen LogP contribution in [0.2, 0.25) is 5.02 Å². The van der Waals surface area contributed by atoms with Crippen molar-refractivity contribution in [1.29, 1.82) is 0 Å². The lowest BCUT2D eigenvalue weighted by atomic mass is 10.4. The maximum Gasteiger partial charge on any atom is 0.0467 e. The Bertz CT molecular complexity index is 269. The molecule has 0 spiro atoms. The zero-order valence-corrected chi connectivity index (χ0v) is 8.87. The van der Waals surface area contributed by atoms with Crippen LogP contribution in [0.5, 0.6) is 0 Å². The molecule has 1 fully saturated rings. The largest absolute Gasteiger partial charge is 0.305 e. The first kappa shape index (κ1) is 9.38. The number of hydrogen-bond donors (Lipinski definition) is 1. The molecule has 0 heterocycles. The van der Waals surface area contributed by atoms with E-state index in [0.717, 1.165) is 16.9 Å². The van der Waals surface area contributed by atoms with Crippen LogP contribution in [0.25, 0.3) is 0 Å². The molecule has 0 bridgehead atoms. The summed E-state index contributed by atoms with van der Waals surface area (Å²) in [6, 6.07) is 8.77. The quantitative estimate of drug-likeness (QED) is 0.609. The Morgan fingerprint density at radius 3 is 2.62 bits per heavy atom. The van der Waals surface area contributed by atoms with Gasteiger partial charge in [0.1, 0.15) is 0 Å². The zero-order chi connectivity index (χ0) is 9.10. The number of benzene rings is 1. The highest BCUT2D eigenvalue weighted by Gasteiger charge is 2.19. The van der Waals surface area contributed by atoms with Crippen molar-refractivity contribution in [3.05, 3.63) is 29.3 Å². The highest BCUT2D eigenvalue weighted by molar-refractivity contribution is 7.99. The van der Waals surface area contributed by atoms with Crippen LogP contribution in [-0.4, -0.2) is 11.9 Å². The van der Waals surface area contributed by atoms with Crippen LogP contribution >= 0.6 is 23.4 Å². The van der Waals surface area contributed by atoms with Crippen molar-refractivity contribution >= 4 is 23.4 Å². The van der Waals surface area contributed by atoms with Gasteiger partial charge in [-0.1, -0.05) is 11.6 Å². The van der Waals surface area contributed by atoms with Crippen molar-refractivity contribution in [1.82, 2.24) is 5.32 Å². The second-order valence-corrected chi connectivity index (χ2v) is 4.71. The van der Waals surface area contributed by atoms with Crippen molar-refractivity contribution in [2.24, 2.45) is 0 Å². The molecular weight excluding hydrogens is 202 g/mol. The van der Waals surface area contributed by atoms with E-state index in [0.29, 0.717) is 0 Å². The summed E-state index contributed by atoms with van der Waals surface area (Å²) in [4.78, 5) is 1.28. The lowest BCUT2D eigenvalue weighted by molar-refractivity contribution is 0.789. The van der Waals surface area contributed by atoms with Gasteiger partial charge in [-0.15, -0.1) is 11.8 Å². The van der Waals surface area contributed by atoms with Crippen LogP contribution < -0.4 is 5.32 Å². The van der Waals surface area contributed by atoms with Crippen molar-refractivity contribution in [2.45, 2.75) is 23.8 Å². The summed E-state index contributed by atoms with van der Waals surface area (Å²) >= 11 is 7.61. The predicted molar refractivity (Wildman–Crippen MR) is 58.3 cm³/mol. The molecule has 0 radical (unpaired) electrons. The van der Waals surface area contributed by atoms with Crippen molar-refractivity contribution in [3.63, 3.8) is 0 Å². The topological polar surface area (TPSA) is 12.0 Å². The summed E-state index contributed by atoms with van der Waals surface area (Å²) < 4.78 is 0. The molecule has 1 aromatic rings. The van der Waals surface area contributed by atoms with Gasteiger partial charge in [0.15, 0.2) is 0 Å². The third kappa shape index (κ3) is 3.22. The SMILES string of the molecule is Clc1ccc(SCNC2CC2)cc1. The Hall–Kier alpha value is -0.180. The van der Waals surface area contributed by atoms with Gasteiger partial charge in [-0.05, 0) is 37.1 Å². The Morgan fingerprint density at radius 2 is 2.00 bits per heavy atom. The van der Waals surface area contributed by atoms with Crippen molar-refractivity contribution in [2.75, 3.05) is 5.88 Å². The van der Waals surface area contributed by atoms with Crippen molar-refractivity contribution < 1.29 is 0 Å². The van der Waals surface area contributed by atoms with Crippen LogP contribution in [0.4, 0.5) is 0 Å². The summed E-state index contributed by atoms with van der Waals surface area (Å²) in [6.07, 6.45) is 2.70. The molecule has 0 atom stereocenters. The Labute approximate surface area is 87.9 Å². The average molecular weight is 214 g/mol. The molecule has 70 valence electrons.